The van der Waals surface area contributed by atoms with Gasteiger partial charge in [-0.15, -0.1) is 0 Å². The van der Waals surface area contributed by atoms with E-state index in [0.717, 1.165) is 12.1 Å². The van der Waals surface area contributed by atoms with Gasteiger partial charge >= 0.3 is 6.18 Å². The van der Waals surface area contributed by atoms with Crippen LogP contribution in [0.25, 0.3) is 0 Å². The molecule has 2 heterocycles. The van der Waals surface area contributed by atoms with Crippen molar-refractivity contribution in [1.29, 1.82) is 0 Å². The van der Waals surface area contributed by atoms with Crippen molar-refractivity contribution in [1.82, 2.24) is 9.97 Å². The number of rotatable bonds is 2. The van der Waals surface area contributed by atoms with Gasteiger partial charge in [0, 0.05) is 6.20 Å². The molecule has 0 aliphatic heterocycles. The maximum absolute atomic E-state index is 12.4. The van der Waals surface area contributed by atoms with Gasteiger partial charge in [-0.25, -0.2) is 4.98 Å². The number of pyridine rings is 2. The molecule has 0 atom stereocenters. The van der Waals surface area contributed by atoms with Gasteiger partial charge in [-0.3, -0.25) is 9.78 Å². The highest BCUT2D eigenvalue weighted by atomic mass is 35.5. The van der Waals surface area contributed by atoms with E-state index in [4.69, 9.17) is 11.6 Å². The maximum atomic E-state index is 12.4. The Balaban J connectivity index is 2.15. The summed E-state index contributed by atoms with van der Waals surface area (Å²) in [5.41, 5.74) is -0.00268. The maximum Gasteiger partial charge on any atom is 0.417 e. The standard InChI is InChI=1S/C13H9ClF3N3O/c1-7-4-9(6-19-11(7)14)20-12(21)10-3-2-8(5-18-10)13(15,16)17/h2-6H,1H3,(H,20,21). The van der Waals surface area contributed by atoms with Crippen LogP contribution in [0.1, 0.15) is 21.6 Å². The summed E-state index contributed by atoms with van der Waals surface area (Å²) in [6, 6.07) is 3.40. The number of aryl methyl sites for hydroxylation is 1. The lowest BCUT2D eigenvalue weighted by Gasteiger charge is -2.08. The predicted molar refractivity (Wildman–Crippen MR) is 71.2 cm³/mol. The van der Waals surface area contributed by atoms with Gasteiger partial charge in [0.25, 0.3) is 5.91 Å². The number of aromatic nitrogens is 2. The molecule has 0 unspecified atom stereocenters. The zero-order valence-corrected chi connectivity index (χ0v) is 11.5. The minimum absolute atomic E-state index is 0.129. The molecule has 4 nitrogen and oxygen atoms in total. The first-order valence-electron chi connectivity index (χ1n) is 5.74. The second-order valence-corrected chi connectivity index (χ2v) is 4.57. The smallest absolute Gasteiger partial charge is 0.319 e. The second-order valence-electron chi connectivity index (χ2n) is 4.22. The summed E-state index contributed by atoms with van der Waals surface area (Å²) in [5.74, 6) is -0.632. The molecule has 8 heteroatoms. The first kappa shape index (κ1) is 15.2. The van der Waals surface area contributed by atoms with E-state index in [1.54, 1.807) is 13.0 Å². The Bertz CT molecular complexity index is 671. The lowest BCUT2D eigenvalue weighted by molar-refractivity contribution is -0.137. The molecule has 0 fully saturated rings. The number of nitrogens with one attached hydrogen (secondary N) is 1. The number of alkyl halides is 3. The molecule has 2 aromatic heterocycles. The predicted octanol–water partition coefficient (Wildman–Crippen LogP) is 3.71. The topological polar surface area (TPSA) is 54.9 Å². The third-order valence-corrected chi connectivity index (χ3v) is 2.99. The molecule has 2 rings (SSSR count). The summed E-state index contributed by atoms with van der Waals surface area (Å²) >= 11 is 5.75. The van der Waals surface area contributed by atoms with Crippen molar-refractivity contribution in [2.45, 2.75) is 13.1 Å². The van der Waals surface area contributed by atoms with Crippen molar-refractivity contribution in [3.63, 3.8) is 0 Å². The van der Waals surface area contributed by atoms with Crippen molar-refractivity contribution >= 4 is 23.2 Å². The highest BCUT2D eigenvalue weighted by molar-refractivity contribution is 6.30. The Morgan fingerprint density at radius 2 is 1.95 bits per heavy atom. The zero-order chi connectivity index (χ0) is 15.6. The molecule has 0 aliphatic carbocycles. The van der Waals surface area contributed by atoms with Gasteiger partial charge in [0.2, 0.25) is 0 Å². The SMILES string of the molecule is Cc1cc(NC(=O)c2ccc(C(F)(F)F)cn2)cnc1Cl. The van der Waals surface area contributed by atoms with Crippen LogP contribution in [0, 0.1) is 6.92 Å². The van der Waals surface area contributed by atoms with Crippen LogP contribution in [0.4, 0.5) is 18.9 Å². The number of nitrogens with zero attached hydrogens (tertiary/aromatic N) is 2. The van der Waals surface area contributed by atoms with Gasteiger partial charge in [-0.2, -0.15) is 13.2 Å². The fourth-order valence-electron chi connectivity index (χ4n) is 1.52. The first-order chi connectivity index (χ1) is 9.77. The number of hydrogen-bond donors (Lipinski definition) is 1. The third kappa shape index (κ3) is 3.69. The third-order valence-electron chi connectivity index (χ3n) is 2.60. The number of carbonyl (C=O) groups is 1. The van der Waals surface area contributed by atoms with Crippen LogP contribution >= 0.6 is 11.6 Å². The van der Waals surface area contributed by atoms with Crippen LogP contribution in [-0.4, -0.2) is 15.9 Å². The number of amides is 1. The molecule has 2 aromatic rings. The molecule has 1 amide bonds. The summed E-state index contributed by atoms with van der Waals surface area (Å²) in [5, 5.41) is 2.79. The fraction of sp³-hybridized carbons (Fsp3) is 0.154. The van der Waals surface area contributed by atoms with Crippen molar-refractivity contribution < 1.29 is 18.0 Å². The van der Waals surface area contributed by atoms with Crippen molar-refractivity contribution in [3.8, 4) is 0 Å². The highest BCUT2D eigenvalue weighted by Crippen LogP contribution is 2.28. The van der Waals surface area contributed by atoms with Crippen LogP contribution in [0.5, 0.6) is 0 Å². The highest BCUT2D eigenvalue weighted by Gasteiger charge is 2.30. The van der Waals surface area contributed by atoms with Crippen LogP contribution in [0.15, 0.2) is 30.6 Å². The van der Waals surface area contributed by atoms with E-state index < -0.39 is 17.6 Å². The Morgan fingerprint density at radius 1 is 1.24 bits per heavy atom. The Kier molecular flexibility index (Phi) is 4.13. The Labute approximate surface area is 123 Å². The molecule has 0 saturated heterocycles. The van der Waals surface area contributed by atoms with E-state index in [1.807, 2.05) is 0 Å². The molecule has 0 radical (unpaired) electrons. The normalized spacial score (nSPS) is 11.3. The molecule has 0 saturated carbocycles. The minimum Gasteiger partial charge on any atom is -0.319 e. The molecule has 0 aromatic carbocycles. The van der Waals surface area contributed by atoms with E-state index in [2.05, 4.69) is 15.3 Å². The minimum atomic E-state index is -4.49. The Morgan fingerprint density at radius 3 is 2.48 bits per heavy atom. The van der Waals surface area contributed by atoms with Gasteiger partial charge in [0.1, 0.15) is 10.8 Å². The van der Waals surface area contributed by atoms with E-state index in [9.17, 15) is 18.0 Å². The first-order valence-corrected chi connectivity index (χ1v) is 6.12. The summed E-state index contributed by atoms with van der Waals surface area (Å²) < 4.78 is 37.2. The van der Waals surface area contributed by atoms with E-state index >= 15 is 0 Å². The average molecular weight is 316 g/mol. The molecule has 110 valence electrons. The molecule has 21 heavy (non-hydrogen) atoms. The van der Waals surface area contributed by atoms with Gasteiger partial charge in [-0.05, 0) is 30.7 Å². The van der Waals surface area contributed by atoms with E-state index in [0.29, 0.717) is 22.6 Å². The molecule has 0 spiro atoms. The number of hydrogen-bond acceptors (Lipinski definition) is 3. The molecular weight excluding hydrogens is 307 g/mol. The molecule has 1 N–H and O–H groups in total. The lowest BCUT2D eigenvalue weighted by Crippen LogP contribution is -2.15. The molecule has 0 aliphatic rings. The van der Waals surface area contributed by atoms with E-state index in [-0.39, 0.29) is 5.69 Å². The van der Waals surface area contributed by atoms with Gasteiger partial charge in [0.05, 0.1) is 17.4 Å². The van der Waals surface area contributed by atoms with Crippen molar-refractivity contribution in [2.24, 2.45) is 0 Å². The molecule has 0 bridgehead atoms. The summed E-state index contributed by atoms with van der Waals surface area (Å²) in [6.07, 6.45) is -2.53. The number of halogens is 4. The summed E-state index contributed by atoms with van der Waals surface area (Å²) in [7, 11) is 0. The van der Waals surface area contributed by atoms with Gasteiger partial charge in [0.15, 0.2) is 0 Å². The van der Waals surface area contributed by atoms with E-state index in [1.165, 1.54) is 6.20 Å². The van der Waals surface area contributed by atoms with Crippen LogP contribution in [0.3, 0.4) is 0 Å². The van der Waals surface area contributed by atoms with Crippen molar-refractivity contribution in [3.05, 3.63) is 52.6 Å². The van der Waals surface area contributed by atoms with Crippen molar-refractivity contribution in [2.75, 3.05) is 5.32 Å². The van der Waals surface area contributed by atoms with Crippen LogP contribution in [-0.2, 0) is 6.18 Å². The molecular formula is C13H9ClF3N3O. The van der Waals surface area contributed by atoms with Gasteiger partial charge < -0.3 is 5.32 Å². The van der Waals surface area contributed by atoms with Crippen LogP contribution in [0.2, 0.25) is 5.15 Å². The number of anilines is 1. The largest absolute Gasteiger partial charge is 0.417 e. The Hall–Kier alpha value is -2.15. The quantitative estimate of drug-likeness (QED) is 0.860. The number of carbonyl (C=O) groups excluding carboxylic acids is 1. The summed E-state index contributed by atoms with van der Waals surface area (Å²) in [6.45, 7) is 1.71. The van der Waals surface area contributed by atoms with Crippen LogP contribution < -0.4 is 5.32 Å². The summed E-state index contributed by atoms with van der Waals surface area (Å²) in [4.78, 5) is 19.2. The van der Waals surface area contributed by atoms with Gasteiger partial charge in [-0.1, -0.05) is 11.6 Å². The fourth-order valence-corrected chi connectivity index (χ4v) is 1.62. The monoisotopic (exact) mass is 315 g/mol. The lowest BCUT2D eigenvalue weighted by atomic mass is 10.2. The average Bonchev–Trinajstić information content (AvgIpc) is 2.42. The second kappa shape index (κ2) is 5.69. The zero-order valence-electron chi connectivity index (χ0n) is 10.7.